The third-order valence-electron chi connectivity index (χ3n) is 3.14. The number of aryl methyl sites for hydroxylation is 1. The zero-order chi connectivity index (χ0) is 15.6. The highest BCUT2D eigenvalue weighted by atomic mass is 35.5. The van der Waals surface area contributed by atoms with Gasteiger partial charge in [0.25, 0.3) is 0 Å². The molecule has 0 aromatic heterocycles. The minimum absolute atomic E-state index is 0.318. The lowest BCUT2D eigenvalue weighted by Gasteiger charge is -2.16. The van der Waals surface area contributed by atoms with Crippen LogP contribution in [0, 0.1) is 12.7 Å². The molecule has 0 saturated carbocycles. The summed E-state index contributed by atoms with van der Waals surface area (Å²) in [5.74, 6) is 0.150. The van der Waals surface area contributed by atoms with Gasteiger partial charge >= 0.3 is 0 Å². The molecule has 0 fully saturated rings. The van der Waals surface area contributed by atoms with Crippen molar-refractivity contribution in [2.45, 2.75) is 20.0 Å². The van der Waals surface area contributed by atoms with E-state index in [1.54, 1.807) is 25.1 Å². The van der Waals surface area contributed by atoms with Crippen LogP contribution in [0.15, 0.2) is 30.3 Å². The second kappa shape index (κ2) is 6.65. The van der Waals surface area contributed by atoms with Crippen LogP contribution in [0.25, 0.3) is 0 Å². The third kappa shape index (κ3) is 3.49. The monoisotopic (exact) mass is 328 g/mol. The van der Waals surface area contributed by atoms with E-state index in [0.29, 0.717) is 39.1 Å². The van der Waals surface area contributed by atoms with E-state index in [4.69, 9.17) is 27.9 Å². The van der Waals surface area contributed by atoms with Crippen LogP contribution in [-0.4, -0.2) is 11.7 Å². The number of hydrogen-bond acceptors (Lipinski definition) is 2. The number of halogens is 3. The molecular formula is C16H15Cl2FO2. The third-order valence-corrected chi connectivity index (χ3v) is 3.77. The van der Waals surface area contributed by atoms with Crippen molar-refractivity contribution in [3.8, 4) is 5.75 Å². The van der Waals surface area contributed by atoms with E-state index < -0.39 is 6.10 Å². The fourth-order valence-electron chi connectivity index (χ4n) is 2.04. The Morgan fingerprint density at radius 3 is 2.52 bits per heavy atom. The molecule has 2 aromatic rings. The van der Waals surface area contributed by atoms with E-state index in [9.17, 15) is 9.50 Å². The van der Waals surface area contributed by atoms with Crippen LogP contribution in [0.1, 0.15) is 29.7 Å². The summed E-state index contributed by atoms with van der Waals surface area (Å²) in [6, 6.07) is 7.56. The Morgan fingerprint density at radius 1 is 1.19 bits per heavy atom. The number of hydrogen-bond donors (Lipinski definition) is 1. The van der Waals surface area contributed by atoms with Gasteiger partial charge in [-0.1, -0.05) is 35.3 Å². The van der Waals surface area contributed by atoms with Gasteiger partial charge in [0.05, 0.1) is 16.7 Å². The summed E-state index contributed by atoms with van der Waals surface area (Å²) in [7, 11) is 0. The van der Waals surface area contributed by atoms with Gasteiger partial charge in [-0.2, -0.15) is 0 Å². The zero-order valence-corrected chi connectivity index (χ0v) is 13.2. The molecule has 112 valence electrons. The summed E-state index contributed by atoms with van der Waals surface area (Å²) in [6.07, 6.45) is -0.982. The van der Waals surface area contributed by atoms with Gasteiger partial charge in [0.1, 0.15) is 17.7 Å². The first kappa shape index (κ1) is 16.1. The fraction of sp³-hybridized carbons (Fsp3) is 0.250. The van der Waals surface area contributed by atoms with Gasteiger partial charge in [0.2, 0.25) is 0 Å². The first-order valence-corrected chi connectivity index (χ1v) is 7.25. The van der Waals surface area contributed by atoms with Crippen LogP contribution < -0.4 is 4.74 Å². The fourth-order valence-corrected chi connectivity index (χ4v) is 2.52. The van der Waals surface area contributed by atoms with Crippen LogP contribution in [0.4, 0.5) is 4.39 Å². The standard InChI is InChI=1S/C16H15Cl2FO2/c1-3-21-15-8-12(17)11(7-13(15)18)16(20)10-4-5-14(19)9(2)6-10/h4-8,16,20H,3H2,1-2H3. The maximum absolute atomic E-state index is 13.3. The lowest BCUT2D eigenvalue weighted by molar-refractivity contribution is 0.220. The van der Waals surface area contributed by atoms with Crippen molar-refractivity contribution in [2.75, 3.05) is 6.61 Å². The van der Waals surface area contributed by atoms with Crippen LogP contribution in [0.5, 0.6) is 5.75 Å². The average Bonchev–Trinajstić information content (AvgIpc) is 2.45. The topological polar surface area (TPSA) is 29.5 Å². The van der Waals surface area contributed by atoms with Crippen molar-refractivity contribution in [1.82, 2.24) is 0 Å². The molecule has 5 heteroatoms. The highest BCUT2D eigenvalue weighted by Crippen LogP contribution is 2.36. The Balaban J connectivity index is 2.40. The molecule has 0 spiro atoms. The second-order valence-corrected chi connectivity index (χ2v) is 5.46. The Kier molecular flexibility index (Phi) is 5.09. The van der Waals surface area contributed by atoms with Gasteiger partial charge in [-0.05, 0) is 37.1 Å². The molecule has 0 heterocycles. The summed E-state index contributed by atoms with van der Waals surface area (Å²) < 4.78 is 18.6. The number of benzene rings is 2. The van der Waals surface area contributed by atoms with E-state index in [2.05, 4.69) is 0 Å². The van der Waals surface area contributed by atoms with Crippen LogP contribution in [-0.2, 0) is 0 Å². The van der Waals surface area contributed by atoms with Gasteiger partial charge in [0.15, 0.2) is 0 Å². The molecule has 0 aliphatic heterocycles. The number of ether oxygens (including phenoxy) is 1. The van der Waals surface area contributed by atoms with Gasteiger partial charge in [-0.15, -0.1) is 0 Å². The molecule has 2 nitrogen and oxygen atoms in total. The summed E-state index contributed by atoms with van der Waals surface area (Å²) in [6.45, 7) is 3.95. The predicted molar refractivity (Wildman–Crippen MR) is 82.8 cm³/mol. The maximum atomic E-state index is 13.3. The van der Waals surface area contributed by atoms with Crippen molar-refractivity contribution in [3.05, 3.63) is 62.9 Å². The first-order valence-electron chi connectivity index (χ1n) is 6.50. The van der Waals surface area contributed by atoms with Gasteiger partial charge in [-0.3, -0.25) is 0 Å². The summed E-state index contributed by atoms with van der Waals surface area (Å²) in [5.41, 5.74) is 1.46. The second-order valence-electron chi connectivity index (χ2n) is 4.65. The molecule has 2 rings (SSSR count). The van der Waals surface area contributed by atoms with Crippen LogP contribution in [0.2, 0.25) is 10.0 Å². The van der Waals surface area contributed by atoms with E-state index in [0.717, 1.165) is 0 Å². The molecule has 0 aliphatic carbocycles. The molecule has 0 aliphatic rings. The summed E-state index contributed by atoms with van der Waals surface area (Å²) in [4.78, 5) is 0. The van der Waals surface area contributed by atoms with Crippen LogP contribution in [0.3, 0.4) is 0 Å². The van der Waals surface area contributed by atoms with Gasteiger partial charge < -0.3 is 9.84 Å². The highest BCUT2D eigenvalue weighted by Gasteiger charge is 2.18. The van der Waals surface area contributed by atoms with Crippen molar-refractivity contribution in [1.29, 1.82) is 0 Å². The Labute approximate surface area is 133 Å². The molecule has 21 heavy (non-hydrogen) atoms. The molecule has 1 atom stereocenters. The summed E-state index contributed by atoms with van der Waals surface area (Å²) in [5, 5.41) is 11.1. The van der Waals surface area contributed by atoms with Crippen molar-refractivity contribution >= 4 is 23.2 Å². The Bertz CT molecular complexity index is 659. The maximum Gasteiger partial charge on any atom is 0.139 e. The molecule has 0 bridgehead atoms. The molecular weight excluding hydrogens is 314 g/mol. The minimum Gasteiger partial charge on any atom is -0.492 e. The quantitative estimate of drug-likeness (QED) is 0.863. The zero-order valence-electron chi connectivity index (χ0n) is 11.7. The molecule has 1 unspecified atom stereocenters. The van der Waals surface area contributed by atoms with E-state index in [1.807, 2.05) is 6.92 Å². The smallest absolute Gasteiger partial charge is 0.139 e. The van der Waals surface area contributed by atoms with Gasteiger partial charge in [0, 0.05) is 11.6 Å². The van der Waals surface area contributed by atoms with Crippen LogP contribution >= 0.6 is 23.2 Å². The molecule has 0 amide bonds. The first-order chi connectivity index (χ1) is 9.93. The Hall–Kier alpha value is -1.29. The normalized spacial score (nSPS) is 12.3. The van der Waals surface area contributed by atoms with E-state index >= 15 is 0 Å². The molecule has 0 saturated heterocycles. The highest BCUT2D eigenvalue weighted by molar-refractivity contribution is 6.34. The lowest BCUT2D eigenvalue weighted by Crippen LogP contribution is -2.03. The number of rotatable bonds is 4. The largest absolute Gasteiger partial charge is 0.492 e. The number of aliphatic hydroxyl groups is 1. The molecule has 0 radical (unpaired) electrons. The van der Waals surface area contributed by atoms with Crippen molar-refractivity contribution in [3.63, 3.8) is 0 Å². The minimum atomic E-state index is -0.982. The lowest BCUT2D eigenvalue weighted by atomic mass is 9.99. The van der Waals surface area contributed by atoms with Crippen molar-refractivity contribution in [2.24, 2.45) is 0 Å². The van der Waals surface area contributed by atoms with E-state index in [1.165, 1.54) is 12.1 Å². The average molecular weight is 329 g/mol. The molecule has 1 N–H and O–H groups in total. The SMILES string of the molecule is CCOc1cc(Cl)c(C(O)c2ccc(F)c(C)c2)cc1Cl. The predicted octanol–water partition coefficient (Wildman–Crippen LogP) is 4.92. The van der Waals surface area contributed by atoms with Gasteiger partial charge in [-0.25, -0.2) is 4.39 Å². The number of aliphatic hydroxyl groups excluding tert-OH is 1. The van der Waals surface area contributed by atoms with E-state index in [-0.39, 0.29) is 5.82 Å². The Morgan fingerprint density at radius 2 is 1.90 bits per heavy atom. The van der Waals surface area contributed by atoms with Crippen molar-refractivity contribution < 1.29 is 14.2 Å². The summed E-state index contributed by atoms with van der Waals surface area (Å²) >= 11 is 12.3. The molecule has 2 aromatic carbocycles.